The van der Waals surface area contributed by atoms with Crippen molar-refractivity contribution in [2.24, 2.45) is 0 Å². The third kappa shape index (κ3) is 2.41. The molecule has 0 radical (unpaired) electrons. The van der Waals surface area contributed by atoms with Crippen LogP contribution in [0.1, 0.15) is 5.56 Å². The lowest BCUT2D eigenvalue weighted by atomic mass is 10.2. The van der Waals surface area contributed by atoms with Gasteiger partial charge in [-0.2, -0.15) is 5.26 Å². The number of nitrogens with zero attached hydrogens (tertiary/aromatic N) is 4. The highest BCUT2D eigenvalue weighted by molar-refractivity contribution is 5.77. The van der Waals surface area contributed by atoms with Crippen molar-refractivity contribution in [2.45, 2.75) is 0 Å². The van der Waals surface area contributed by atoms with Gasteiger partial charge in [-0.15, -0.1) is 0 Å². The van der Waals surface area contributed by atoms with Crippen LogP contribution in [0.2, 0.25) is 0 Å². The zero-order valence-electron chi connectivity index (χ0n) is 9.91. The summed E-state index contributed by atoms with van der Waals surface area (Å²) in [6.45, 7) is 1.95. The molecule has 18 heavy (non-hydrogen) atoms. The first-order valence-electron chi connectivity index (χ1n) is 5.74. The van der Waals surface area contributed by atoms with E-state index < -0.39 is 6.61 Å². The van der Waals surface area contributed by atoms with E-state index in [2.05, 4.69) is 11.1 Å². The Hall–Kier alpha value is -2.13. The third-order valence-corrected chi connectivity index (χ3v) is 3.03. The molecule has 1 saturated heterocycles. The van der Waals surface area contributed by atoms with Crippen LogP contribution in [0.25, 0.3) is 0 Å². The molecule has 1 aromatic rings. The van der Waals surface area contributed by atoms with Crippen LogP contribution < -0.4 is 4.90 Å². The van der Waals surface area contributed by atoms with E-state index in [4.69, 9.17) is 10.4 Å². The van der Waals surface area contributed by atoms with Gasteiger partial charge in [-0.1, -0.05) is 0 Å². The molecule has 1 aromatic heterocycles. The highest BCUT2D eigenvalue weighted by Gasteiger charge is 2.21. The van der Waals surface area contributed by atoms with Gasteiger partial charge in [0.25, 0.3) is 0 Å². The standard InChI is InChI=1S/C12H14N4O2/c13-7-10-1-2-14-8-11(10)15-3-5-16(6-4-15)12(18)9-17/h1-2,8,17H,3-6,9H2. The summed E-state index contributed by atoms with van der Waals surface area (Å²) in [5.74, 6) is -0.249. The first-order valence-corrected chi connectivity index (χ1v) is 5.74. The fourth-order valence-electron chi connectivity index (χ4n) is 2.03. The molecule has 1 fully saturated rings. The van der Waals surface area contributed by atoms with Crippen LogP contribution in [-0.2, 0) is 4.79 Å². The normalized spacial score (nSPS) is 15.3. The van der Waals surface area contributed by atoms with Crippen LogP contribution in [0.3, 0.4) is 0 Å². The SMILES string of the molecule is N#Cc1ccncc1N1CCN(C(=O)CO)CC1. The largest absolute Gasteiger partial charge is 0.387 e. The molecule has 0 aliphatic carbocycles. The zero-order chi connectivity index (χ0) is 13.0. The second-order valence-electron chi connectivity index (χ2n) is 4.03. The molecule has 1 aliphatic heterocycles. The maximum atomic E-state index is 11.3. The highest BCUT2D eigenvalue weighted by Crippen LogP contribution is 2.19. The maximum absolute atomic E-state index is 11.3. The summed E-state index contributed by atoms with van der Waals surface area (Å²) in [7, 11) is 0. The first kappa shape index (κ1) is 12.3. The van der Waals surface area contributed by atoms with Gasteiger partial charge in [0.2, 0.25) is 5.91 Å². The van der Waals surface area contributed by atoms with Crippen molar-refractivity contribution in [3.63, 3.8) is 0 Å². The number of hydrogen-bond acceptors (Lipinski definition) is 5. The molecule has 0 spiro atoms. The molecule has 0 aromatic carbocycles. The number of aliphatic hydroxyl groups excluding tert-OH is 1. The number of nitriles is 1. The summed E-state index contributed by atoms with van der Waals surface area (Å²) < 4.78 is 0. The number of pyridine rings is 1. The van der Waals surface area contributed by atoms with Crippen molar-refractivity contribution in [2.75, 3.05) is 37.7 Å². The summed E-state index contributed by atoms with van der Waals surface area (Å²) in [6, 6.07) is 3.82. The van der Waals surface area contributed by atoms with E-state index in [9.17, 15) is 4.79 Å². The molecule has 2 rings (SSSR count). The predicted octanol–water partition coefficient (Wildman–Crippen LogP) is -0.406. The molecule has 0 atom stereocenters. The van der Waals surface area contributed by atoms with Crippen LogP contribution in [0.5, 0.6) is 0 Å². The molecule has 0 bridgehead atoms. The molecular formula is C12H14N4O2. The van der Waals surface area contributed by atoms with Gasteiger partial charge in [0.15, 0.2) is 0 Å². The number of amides is 1. The van der Waals surface area contributed by atoms with Crippen LogP contribution in [0, 0.1) is 11.3 Å². The Labute approximate surface area is 105 Å². The van der Waals surface area contributed by atoms with Crippen LogP contribution in [0.4, 0.5) is 5.69 Å². The van der Waals surface area contributed by atoms with Crippen LogP contribution in [0.15, 0.2) is 18.5 Å². The lowest BCUT2D eigenvalue weighted by Crippen LogP contribution is -2.49. The summed E-state index contributed by atoms with van der Waals surface area (Å²) >= 11 is 0. The number of rotatable bonds is 2. The smallest absolute Gasteiger partial charge is 0.248 e. The maximum Gasteiger partial charge on any atom is 0.248 e. The third-order valence-electron chi connectivity index (χ3n) is 3.03. The number of aromatic nitrogens is 1. The number of carbonyl (C=O) groups excluding carboxylic acids is 1. The van der Waals surface area contributed by atoms with Crippen molar-refractivity contribution in [1.82, 2.24) is 9.88 Å². The fourth-order valence-corrected chi connectivity index (χ4v) is 2.03. The van der Waals surface area contributed by atoms with E-state index in [0.29, 0.717) is 31.7 Å². The van der Waals surface area contributed by atoms with E-state index in [1.165, 1.54) is 0 Å². The minimum Gasteiger partial charge on any atom is -0.387 e. The Balaban J connectivity index is 2.06. The number of hydrogen-bond donors (Lipinski definition) is 1. The second kappa shape index (κ2) is 5.47. The minimum absolute atomic E-state index is 0.249. The van der Waals surface area contributed by atoms with Crippen molar-refractivity contribution in [3.05, 3.63) is 24.0 Å². The Morgan fingerprint density at radius 3 is 2.78 bits per heavy atom. The second-order valence-corrected chi connectivity index (χ2v) is 4.03. The summed E-state index contributed by atoms with van der Waals surface area (Å²) in [4.78, 5) is 19.0. The van der Waals surface area contributed by atoms with Gasteiger partial charge in [-0.3, -0.25) is 9.78 Å². The molecule has 94 valence electrons. The number of aliphatic hydroxyl groups is 1. The van der Waals surface area contributed by atoms with Crippen molar-refractivity contribution < 1.29 is 9.90 Å². The molecule has 6 heteroatoms. The number of piperazine rings is 1. The van der Waals surface area contributed by atoms with E-state index in [1.54, 1.807) is 23.4 Å². The topological polar surface area (TPSA) is 80.5 Å². The van der Waals surface area contributed by atoms with Crippen molar-refractivity contribution >= 4 is 11.6 Å². The molecular weight excluding hydrogens is 232 g/mol. The lowest BCUT2D eigenvalue weighted by molar-refractivity contribution is -0.134. The van der Waals surface area contributed by atoms with Gasteiger partial charge in [0.1, 0.15) is 12.7 Å². The van der Waals surface area contributed by atoms with Crippen LogP contribution in [-0.4, -0.2) is 53.7 Å². The molecule has 2 heterocycles. The van der Waals surface area contributed by atoms with Gasteiger partial charge >= 0.3 is 0 Å². The summed E-state index contributed by atoms with van der Waals surface area (Å²) in [5, 5.41) is 17.8. The molecule has 6 nitrogen and oxygen atoms in total. The van der Waals surface area contributed by atoms with E-state index in [0.717, 1.165) is 5.69 Å². The molecule has 1 amide bonds. The average Bonchev–Trinajstić information content (AvgIpc) is 2.46. The van der Waals surface area contributed by atoms with Gasteiger partial charge in [-0.25, -0.2) is 0 Å². The van der Waals surface area contributed by atoms with Gasteiger partial charge < -0.3 is 14.9 Å². The molecule has 1 N–H and O–H groups in total. The van der Waals surface area contributed by atoms with Gasteiger partial charge in [0.05, 0.1) is 17.4 Å². The van der Waals surface area contributed by atoms with Crippen molar-refractivity contribution in [3.8, 4) is 6.07 Å². The van der Waals surface area contributed by atoms with Gasteiger partial charge in [0, 0.05) is 32.4 Å². The minimum atomic E-state index is -0.448. The molecule has 0 saturated carbocycles. The van der Waals surface area contributed by atoms with E-state index in [-0.39, 0.29) is 5.91 Å². The van der Waals surface area contributed by atoms with Gasteiger partial charge in [-0.05, 0) is 6.07 Å². The highest BCUT2D eigenvalue weighted by atomic mass is 16.3. The Bertz CT molecular complexity index is 475. The monoisotopic (exact) mass is 246 g/mol. The number of anilines is 1. The van der Waals surface area contributed by atoms with E-state index in [1.807, 2.05) is 4.90 Å². The first-order chi connectivity index (χ1) is 8.76. The fraction of sp³-hybridized carbons (Fsp3) is 0.417. The quantitative estimate of drug-likeness (QED) is 0.767. The lowest BCUT2D eigenvalue weighted by Gasteiger charge is -2.35. The molecule has 1 aliphatic rings. The number of carbonyl (C=O) groups is 1. The summed E-state index contributed by atoms with van der Waals surface area (Å²) in [6.07, 6.45) is 3.26. The average molecular weight is 246 g/mol. The molecule has 0 unspecified atom stereocenters. The predicted molar refractivity (Wildman–Crippen MR) is 64.8 cm³/mol. The Kier molecular flexibility index (Phi) is 3.75. The van der Waals surface area contributed by atoms with E-state index >= 15 is 0 Å². The Morgan fingerprint density at radius 2 is 2.17 bits per heavy atom. The zero-order valence-corrected chi connectivity index (χ0v) is 9.91. The Morgan fingerprint density at radius 1 is 1.44 bits per heavy atom. The van der Waals surface area contributed by atoms with Crippen LogP contribution >= 0.6 is 0 Å². The van der Waals surface area contributed by atoms with Crippen molar-refractivity contribution in [1.29, 1.82) is 5.26 Å². The summed E-state index contributed by atoms with van der Waals surface area (Å²) in [5.41, 5.74) is 1.39.